The van der Waals surface area contributed by atoms with Gasteiger partial charge in [-0.2, -0.15) is 0 Å². The molecule has 4 nitrogen and oxygen atoms in total. The topological polar surface area (TPSA) is 68.0 Å². The highest BCUT2D eigenvalue weighted by Gasteiger charge is 2.13. The normalized spacial score (nSPS) is 10.4. The number of carbonyl (C=O) groups is 1. The summed E-state index contributed by atoms with van der Waals surface area (Å²) < 4.78 is 0. The molecule has 104 valence electrons. The van der Waals surface area contributed by atoms with Crippen LogP contribution in [0.1, 0.15) is 15.9 Å². The van der Waals surface area contributed by atoms with Gasteiger partial charge in [-0.3, -0.25) is 4.79 Å². The zero-order valence-corrected chi connectivity index (χ0v) is 12.6. The van der Waals surface area contributed by atoms with E-state index in [-0.39, 0.29) is 26.4 Å². The molecule has 1 aromatic carbocycles. The van der Waals surface area contributed by atoms with Gasteiger partial charge in [-0.1, -0.05) is 34.8 Å². The van der Waals surface area contributed by atoms with E-state index in [4.69, 9.17) is 40.5 Å². The van der Waals surface area contributed by atoms with Crippen molar-refractivity contribution < 1.29 is 4.79 Å². The van der Waals surface area contributed by atoms with Gasteiger partial charge in [0.05, 0.1) is 21.4 Å². The van der Waals surface area contributed by atoms with E-state index in [1.807, 2.05) is 6.92 Å². The van der Waals surface area contributed by atoms with Crippen LogP contribution in [0, 0.1) is 6.92 Å². The third-order valence-electron chi connectivity index (χ3n) is 2.57. The summed E-state index contributed by atoms with van der Waals surface area (Å²) in [5.74, 6) is -0.400. The largest absolute Gasteiger partial charge is 0.396 e. The van der Waals surface area contributed by atoms with Crippen LogP contribution in [0.4, 0.5) is 11.4 Å². The lowest BCUT2D eigenvalue weighted by atomic mass is 10.2. The van der Waals surface area contributed by atoms with Crippen LogP contribution in [0.5, 0.6) is 0 Å². The average Bonchev–Trinajstić information content (AvgIpc) is 2.39. The second-order valence-electron chi connectivity index (χ2n) is 4.16. The number of rotatable bonds is 2. The van der Waals surface area contributed by atoms with E-state index in [1.165, 1.54) is 12.1 Å². The second-order valence-corrected chi connectivity index (χ2v) is 5.33. The Hall–Kier alpha value is -1.49. The number of carbonyl (C=O) groups excluding carboxylic acids is 1. The molecular weight excluding hydrogens is 321 g/mol. The van der Waals surface area contributed by atoms with Crippen LogP contribution in [0.3, 0.4) is 0 Å². The van der Waals surface area contributed by atoms with Crippen LogP contribution < -0.4 is 11.1 Å². The molecule has 0 bridgehead atoms. The fourth-order valence-electron chi connectivity index (χ4n) is 1.55. The van der Waals surface area contributed by atoms with E-state index in [0.717, 1.165) is 5.56 Å². The van der Waals surface area contributed by atoms with Crippen LogP contribution in [-0.2, 0) is 0 Å². The number of nitrogens with two attached hydrogens (primary N) is 1. The van der Waals surface area contributed by atoms with E-state index in [9.17, 15) is 4.79 Å². The van der Waals surface area contributed by atoms with Crippen LogP contribution in [-0.4, -0.2) is 10.9 Å². The Kier molecular flexibility index (Phi) is 4.38. The van der Waals surface area contributed by atoms with Crippen molar-refractivity contribution in [3.8, 4) is 0 Å². The standard InChI is InChI=1S/C13H10Cl3N3O/c1-6-2-10(12(16)18-5-6)19-13(20)7-3-8(14)11(17)9(15)4-7/h2-5H,17H2,1H3,(H,19,20). The summed E-state index contributed by atoms with van der Waals surface area (Å²) in [6.45, 7) is 1.84. The lowest BCUT2D eigenvalue weighted by Gasteiger charge is -2.09. The number of hydrogen-bond donors (Lipinski definition) is 2. The molecule has 3 N–H and O–H groups in total. The van der Waals surface area contributed by atoms with Gasteiger partial charge in [0, 0.05) is 11.8 Å². The molecule has 0 aliphatic carbocycles. The highest BCUT2D eigenvalue weighted by molar-refractivity contribution is 6.39. The van der Waals surface area contributed by atoms with E-state index in [0.29, 0.717) is 5.69 Å². The number of anilines is 2. The lowest BCUT2D eigenvalue weighted by molar-refractivity contribution is 0.102. The van der Waals surface area contributed by atoms with Crippen LogP contribution >= 0.6 is 34.8 Å². The number of nitrogens with one attached hydrogen (secondary N) is 1. The third-order valence-corrected chi connectivity index (χ3v) is 3.49. The van der Waals surface area contributed by atoms with Crippen molar-refractivity contribution >= 4 is 52.1 Å². The third kappa shape index (κ3) is 3.15. The van der Waals surface area contributed by atoms with Gasteiger partial charge in [0.15, 0.2) is 5.15 Å². The zero-order chi connectivity index (χ0) is 14.9. The predicted molar refractivity (Wildman–Crippen MR) is 82.8 cm³/mol. The van der Waals surface area contributed by atoms with Gasteiger partial charge >= 0.3 is 0 Å². The van der Waals surface area contributed by atoms with Gasteiger partial charge in [-0.15, -0.1) is 0 Å². The fourth-order valence-corrected chi connectivity index (χ4v) is 2.19. The molecule has 0 aliphatic rings. The molecule has 0 saturated carbocycles. The number of hydrogen-bond acceptors (Lipinski definition) is 3. The van der Waals surface area contributed by atoms with Crippen molar-refractivity contribution in [3.05, 3.63) is 50.7 Å². The maximum Gasteiger partial charge on any atom is 0.255 e. The Labute approximate surface area is 130 Å². The Bertz CT molecular complexity index is 666. The summed E-state index contributed by atoms with van der Waals surface area (Å²) in [6.07, 6.45) is 1.61. The number of nitrogens with zero attached hydrogens (tertiary/aromatic N) is 1. The molecule has 7 heteroatoms. The lowest BCUT2D eigenvalue weighted by Crippen LogP contribution is -2.13. The molecule has 1 heterocycles. The van der Waals surface area contributed by atoms with Gasteiger partial charge in [-0.25, -0.2) is 4.98 Å². The molecule has 0 aliphatic heterocycles. The van der Waals surface area contributed by atoms with Crippen LogP contribution in [0.15, 0.2) is 24.4 Å². The first-order valence-electron chi connectivity index (χ1n) is 5.56. The molecule has 2 rings (SSSR count). The molecule has 0 fully saturated rings. The van der Waals surface area contributed by atoms with E-state index in [1.54, 1.807) is 12.3 Å². The second kappa shape index (κ2) is 5.87. The Balaban J connectivity index is 2.31. The summed E-state index contributed by atoms with van der Waals surface area (Å²) in [4.78, 5) is 16.1. The van der Waals surface area contributed by atoms with Crippen LogP contribution in [0.2, 0.25) is 15.2 Å². The summed E-state index contributed by atoms with van der Waals surface area (Å²) >= 11 is 17.7. The van der Waals surface area contributed by atoms with Crippen molar-refractivity contribution in [1.29, 1.82) is 0 Å². The molecule has 0 spiro atoms. The van der Waals surface area contributed by atoms with Gasteiger partial charge in [0.1, 0.15) is 0 Å². The SMILES string of the molecule is Cc1cnc(Cl)c(NC(=O)c2cc(Cl)c(N)c(Cl)c2)c1. The molecule has 2 aromatic rings. The monoisotopic (exact) mass is 329 g/mol. The van der Waals surface area contributed by atoms with Gasteiger partial charge < -0.3 is 11.1 Å². The number of amides is 1. The highest BCUT2D eigenvalue weighted by atomic mass is 35.5. The zero-order valence-electron chi connectivity index (χ0n) is 10.4. The number of pyridine rings is 1. The Morgan fingerprint density at radius 3 is 2.40 bits per heavy atom. The minimum Gasteiger partial charge on any atom is -0.396 e. The van der Waals surface area contributed by atoms with Crippen molar-refractivity contribution in [3.63, 3.8) is 0 Å². The first-order chi connectivity index (χ1) is 9.38. The average molecular weight is 331 g/mol. The summed E-state index contributed by atoms with van der Waals surface area (Å²) in [7, 11) is 0. The Morgan fingerprint density at radius 1 is 1.20 bits per heavy atom. The first-order valence-corrected chi connectivity index (χ1v) is 6.70. The quantitative estimate of drug-likeness (QED) is 0.641. The minimum absolute atomic E-state index is 0.205. The van der Waals surface area contributed by atoms with E-state index < -0.39 is 5.91 Å². The number of aryl methyl sites for hydroxylation is 1. The maximum atomic E-state index is 12.1. The number of aromatic nitrogens is 1. The predicted octanol–water partition coefficient (Wildman–Crippen LogP) is 4.18. The smallest absolute Gasteiger partial charge is 0.255 e. The van der Waals surface area contributed by atoms with Crippen molar-refractivity contribution in [2.45, 2.75) is 6.92 Å². The maximum absolute atomic E-state index is 12.1. The number of benzene rings is 1. The van der Waals surface area contributed by atoms with Gasteiger partial charge in [0.2, 0.25) is 0 Å². The number of halogens is 3. The molecule has 1 amide bonds. The van der Waals surface area contributed by atoms with Crippen LogP contribution in [0.25, 0.3) is 0 Å². The van der Waals surface area contributed by atoms with Crippen molar-refractivity contribution in [2.75, 3.05) is 11.1 Å². The number of nitrogen functional groups attached to an aromatic ring is 1. The minimum atomic E-state index is -0.400. The van der Waals surface area contributed by atoms with E-state index in [2.05, 4.69) is 10.3 Å². The molecule has 0 radical (unpaired) electrons. The van der Waals surface area contributed by atoms with E-state index >= 15 is 0 Å². The molecule has 1 aromatic heterocycles. The Morgan fingerprint density at radius 2 is 1.80 bits per heavy atom. The first kappa shape index (κ1) is 14.9. The fraction of sp³-hybridized carbons (Fsp3) is 0.0769. The summed E-state index contributed by atoms with van der Waals surface area (Å²) in [5.41, 5.74) is 7.43. The highest BCUT2D eigenvalue weighted by Crippen LogP contribution is 2.29. The molecule has 0 saturated heterocycles. The van der Waals surface area contributed by atoms with Crippen molar-refractivity contribution in [2.24, 2.45) is 0 Å². The molecule has 0 unspecified atom stereocenters. The molecular formula is C13H10Cl3N3O. The summed E-state index contributed by atoms with van der Waals surface area (Å²) in [5, 5.41) is 3.29. The van der Waals surface area contributed by atoms with Gasteiger partial charge in [0.25, 0.3) is 5.91 Å². The van der Waals surface area contributed by atoms with Crippen molar-refractivity contribution in [1.82, 2.24) is 4.98 Å². The molecule has 0 atom stereocenters. The van der Waals surface area contributed by atoms with Gasteiger partial charge in [-0.05, 0) is 30.7 Å². The molecule has 20 heavy (non-hydrogen) atoms. The summed E-state index contributed by atoms with van der Waals surface area (Å²) in [6, 6.07) is 4.60.